The molecule has 1 unspecified atom stereocenters. The van der Waals surface area contributed by atoms with Crippen molar-refractivity contribution in [3.8, 4) is 0 Å². The number of Topliss-reactive ketones (excluding diaryl/α,β-unsaturated/α-hetero) is 1. The molecule has 0 saturated heterocycles. The third kappa shape index (κ3) is 2.52. The van der Waals surface area contributed by atoms with Gasteiger partial charge in [0.15, 0.2) is 5.78 Å². The lowest BCUT2D eigenvalue weighted by atomic mass is 9.96. The molecule has 0 radical (unpaired) electrons. The highest BCUT2D eigenvalue weighted by atomic mass is 19.1. The zero-order valence-electron chi connectivity index (χ0n) is 13.2. The van der Waals surface area contributed by atoms with Crippen molar-refractivity contribution < 1.29 is 14.0 Å². The molecule has 1 aliphatic heterocycles. The Bertz CT molecular complexity index is 951. The molecule has 0 spiro atoms. The third-order valence-corrected chi connectivity index (χ3v) is 4.37. The van der Waals surface area contributed by atoms with Crippen molar-refractivity contribution in [3.63, 3.8) is 0 Å². The second-order valence-corrected chi connectivity index (χ2v) is 5.87. The normalized spacial score (nSPS) is 16.0. The van der Waals surface area contributed by atoms with Crippen LogP contribution in [0.1, 0.15) is 32.3 Å². The fourth-order valence-electron chi connectivity index (χ4n) is 3.20. The number of anilines is 1. The van der Waals surface area contributed by atoms with Crippen LogP contribution in [0.5, 0.6) is 0 Å². The summed E-state index contributed by atoms with van der Waals surface area (Å²) in [5, 5.41) is 0. The average molecular weight is 331 g/mol. The number of ketones is 1. The maximum atomic E-state index is 13.2. The number of halogens is 1. The van der Waals surface area contributed by atoms with Crippen molar-refractivity contribution in [2.24, 2.45) is 0 Å². The number of benzene rings is 3. The van der Waals surface area contributed by atoms with Crippen molar-refractivity contribution in [3.05, 3.63) is 101 Å². The van der Waals surface area contributed by atoms with Crippen LogP contribution < -0.4 is 4.90 Å². The molecule has 3 nitrogen and oxygen atoms in total. The van der Waals surface area contributed by atoms with Gasteiger partial charge >= 0.3 is 0 Å². The predicted molar refractivity (Wildman–Crippen MR) is 93.2 cm³/mol. The minimum Gasteiger partial charge on any atom is -0.293 e. The quantitative estimate of drug-likeness (QED) is 0.667. The van der Waals surface area contributed by atoms with Crippen molar-refractivity contribution in [1.29, 1.82) is 0 Å². The Morgan fingerprint density at radius 3 is 2.20 bits per heavy atom. The van der Waals surface area contributed by atoms with Crippen LogP contribution in [0.2, 0.25) is 0 Å². The molecule has 25 heavy (non-hydrogen) atoms. The van der Waals surface area contributed by atoms with E-state index in [0.29, 0.717) is 22.4 Å². The standard InChI is InChI=1S/C21H14FNO2/c22-15-12-10-14(11-13-15)20(24)19-17-8-4-5-9-18(17)21(25)23(19)16-6-2-1-3-7-16/h1-13,19H. The van der Waals surface area contributed by atoms with E-state index in [1.807, 2.05) is 24.3 Å². The number of hydrogen-bond acceptors (Lipinski definition) is 2. The molecular formula is C21H14FNO2. The van der Waals surface area contributed by atoms with Crippen molar-refractivity contribution in [2.75, 3.05) is 4.90 Å². The van der Waals surface area contributed by atoms with Crippen LogP contribution in [0.3, 0.4) is 0 Å². The molecule has 1 aliphatic rings. The molecule has 0 fully saturated rings. The topological polar surface area (TPSA) is 37.4 Å². The lowest BCUT2D eigenvalue weighted by Gasteiger charge is -2.24. The number of hydrogen-bond donors (Lipinski definition) is 0. The zero-order valence-corrected chi connectivity index (χ0v) is 13.2. The molecule has 4 heteroatoms. The number of amides is 1. The summed E-state index contributed by atoms with van der Waals surface area (Å²) in [7, 11) is 0. The average Bonchev–Trinajstić information content (AvgIpc) is 2.95. The fraction of sp³-hybridized carbons (Fsp3) is 0.0476. The van der Waals surface area contributed by atoms with E-state index in [0.717, 1.165) is 0 Å². The minimum atomic E-state index is -0.753. The highest BCUT2D eigenvalue weighted by Crippen LogP contribution is 2.39. The molecular weight excluding hydrogens is 317 g/mol. The van der Waals surface area contributed by atoms with Crippen LogP contribution in [0.15, 0.2) is 78.9 Å². The Balaban J connectivity index is 1.85. The van der Waals surface area contributed by atoms with Crippen LogP contribution in [0.25, 0.3) is 0 Å². The number of para-hydroxylation sites is 1. The van der Waals surface area contributed by atoms with Crippen LogP contribution in [0.4, 0.5) is 10.1 Å². The molecule has 1 atom stereocenters. The Kier molecular flexibility index (Phi) is 3.65. The molecule has 122 valence electrons. The molecule has 0 bridgehead atoms. The van der Waals surface area contributed by atoms with E-state index in [-0.39, 0.29) is 11.7 Å². The molecule has 1 amide bonds. The molecule has 4 rings (SSSR count). The second kappa shape index (κ2) is 5.98. The van der Waals surface area contributed by atoms with Gasteiger partial charge in [-0.3, -0.25) is 14.5 Å². The molecule has 3 aromatic rings. The second-order valence-electron chi connectivity index (χ2n) is 5.87. The van der Waals surface area contributed by atoms with Gasteiger partial charge in [-0.15, -0.1) is 0 Å². The Morgan fingerprint density at radius 1 is 0.840 bits per heavy atom. The molecule has 0 N–H and O–H groups in total. The predicted octanol–water partition coefficient (Wildman–Crippen LogP) is 4.41. The molecule has 1 heterocycles. The molecule has 0 aromatic heterocycles. The lowest BCUT2D eigenvalue weighted by Crippen LogP contribution is -2.32. The highest BCUT2D eigenvalue weighted by Gasteiger charge is 2.41. The van der Waals surface area contributed by atoms with E-state index in [9.17, 15) is 14.0 Å². The van der Waals surface area contributed by atoms with E-state index < -0.39 is 11.9 Å². The van der Waals surface area contributed by atoms with E-state index in [4.69, 9.17) is 0 Å². The zero-order chi connectivity index (χ0) is 17.4. The van der Waals surface area contributed by atoms with Gasteiger partial charge in [0.2, 0.25) is 0 Å². The maximum Gasteiger partial charge on any atom is 0.259 e. The first-order chi connectivity index (χ1) is 12.2. The number of carbonyl (C=O) groups is 2. The number of nitrogens with zero attached hydrogens (tertiary/aromatic N) is 1. The van der Waals surface area contributed by atoms with E-state index in [1.54, 1.807) is 30.3 Å². The minimum absolute atomic E-state index is 0.206. The molecule has 3 aromatic carbocycles. The summed E-state index contributed by atoms with van der Waals surface area (Å²) < 4.78 is 13.2. The summed E-state index contributed by atoms with van der Waals surface area (Å²) in [6.45, 7) is 0. The van der Waals surface area contributed by atoms with Gasteiger partial charge in [0, 0.05) is 16.8 Å². The van der Waals surface area contributed by atoms with Gasteiger partial charge in [-0.25, -0.2) is 4.39 Å². The Morgan fingerprint density at radius 2 is 1.48 bits per heavy atom. The summed E-state index contributed by atoms with van der Waals surface area (Å²) >= 11 is 0. The number of carbonyl (C=O) groups excluding carboxylic acids is 2. The van der Waals surface area contributed by atoms with Crippen LogP contribution in [0, 0.1) is 5.82 Å². The Labute approximate surface area is 144 Å². The number of rotatable bonds is 3. The van der Waals surface area contributed by atoms with Crippen LogP contribution in [-0.2, 0) is 0 Å². The summed E-state index contributed by atoms with van der Waals surface area (Å²) in [5.74, 6) is -0.844. The first kappa shape index (κ1) is 15.3. The largest absolute Gasteiger partial charge is 0.293 e. The van der Waals surface area contributed by atoms with E-state index >= 15 is 0 Å². The first-order valence-electron chi connectivity index (χ1n) is 7.94. The van der Waals surface area contributed by atoms with Gasteiger partial charge in [0.25, 0.3) is 5.91 Å². The summed E-state index contributed by atoms with van der Waals surface area (Å²) in [4.78, 5) is 27.6. The third-order valence-electron chi connectivity index (χ3n) is 4.37. The van der Waals surface area contributed by atoms with Crippen molar-refractivity contribution in [1.82, 2.24) is 0 Å². The van der Waals surface area contributed by atoms with E-state index in [2.05, 4.69) is 0 Å². The highest BCUT2D eigenvalue weighted by molar-refractivity contribution is 6.18. The van der Waals surface area contributed by atoms with Crippen molar-refractivity contribution in [2.45, 2.75) is 6.04 Å². The smallest absolute Gasteiger partial charge is 0.259 e. The van der Waals surface area contributed by atoms with Gasteiger partial charge in [-0.1, -0.05) is 36.4 Å². The maximum absolute atomic E-state index is 13.2. The van der Waals surface area contributed by atoms with Gasteiger partial charge < -0.3 is 0 Å². The molecule has 0 saturated carbocycles. The number of fused-ring (bicyclic) bond motifs is 1. The van der Waals surface area contributed by atoms with Gasteiger partial charge in [-0.2, -0.15) is 0 Å². The fourth-order valence-corrected chi connectivity index (χ4v) is 3.20. The van der Waals surface area contributed by atoms with Gasteiger partial charge in [-0.05, 0) is 48.0 Å². The summed E-state index contributed by atoms with van der Waals surface area (Å²) in [6, 6.07) is 20.9. The van der Waals surface area contributed by atoms with Crippen molar-refractivity contribution >= 4 is 17.4 Å². The monoisotopic (exact) mass is 331 g/mol. The van der Waals surface area contributed by atoms with E-state index in [1.165, 1.54) is 29.2 Å². The lowest BCUT2D eigenvalue weighted by molar-refractivity contribution is 0.0916. The first-order valence-corrected chi connectivity index (χ1v) is 7.94. The summed E-state index contributed by atoms with van der Waals surface area (Å²) in [5.41, 5.74) is 2.22. The van der Waals surface area contributed by atoms with Crippen LogP contribution >= 0.6 is 0 Å². The molecule has 0 aliphatic carbocycles. The Hall–Kier alpha value is -3.27. The summed E-state index contributed by atoms with van der Waals surface area (Å²) in [6.07, 6.45) is 0. The van der Waals surface area contributed by atoms with Gasteiger partial charge in [0.1, 0.15) is 11.9 Å². The van der Waals surface area contributed by atoms with Crippen LogP contribution in [-0.4, -0.2) is 11.7 Å². The van der Waals surface area contributed by atoms with Gasteiger partial charge in [0.05, 0.1) is 0 Å². The SMILES string of the molecule is O=C(c1ccc(F)cc1)C1c2ccccc2C(=O)N1c1ccccc1.